The number of hydrogen-bond acceptors (Lipinski definition) is 4. The molecule has 2 heterocycles. The number of nitrogens with one attached hydrogen (secondary N) is 1. The maximum absolute atomic E-state index is 11.6. The number of amides is 1. The molecule has 1 aliphatic heterocycles. The number of aromatic nitrogens is 1. The van der Waals surface area contributed by atoms with Crippen LogP contribution in [0, 0.1) is 0 Å². The molecule has 0 spiro atoms. The molecule has 20 heavy (non-hydrogen) atoms. The van der Waals surface area contributed by atoms with Crippen LogP contribution < -0.4 is 16.0 Å². The Kier molecular flexibility index (Phi) is 5.35. The minimum Gasteiger partial charge on any atom is -0.365 e. The summed E-state index contributed by atoms with van der Waals surface area (Å²) in [5.74, 6) is 0.306. The zero-order chi connectivity index (χ0) is 14.4. The molecule has 0 radical (unpaired) electrons. The monoisotopic (exact) mass is 276 g/mol. The first-order valence-corrected chi connectivity index (χ1v) is 7.45. The molecule has 2 rings (SSSR count). The Bertz CT molecular complexity index is 443. The summed E-state index contributed by atoms with van der Waals surface area (Å²) in [5, 5.41) is 3.54. The number of carbonyl (C=O) groups excluding carboxylic acids is 1. The predicted molar refractivity (Wildman–Crippen MR) is 80.9 cm³/mol. The Morgan fingerprint density at radius 3 is 3.05 bits per heavy atom. The van der Waals surface area contributed by atoms with Crippen molar-refractivity contribution in [3.8, 4) is 0 Å². The van der Waals surface area contributed by atoms with Crippen LogP contribution in [0.1, 0.15) is 43.0 Å². The van der Waals surface area contributed by atoms with Crippen molar-refractivity contribution in [1.82, 2.24) is 10.3 Å². The fourth-order valence-electron chi connectivity index (χ4n) is 2.74. The van der Waals surface area contributed by atoms with Gasteiger partial charge in [-0.25, -0.2) is 4.98 Å². The number of hydrogen-bond donors (Lipinski definition) is 2. The van der Waals surface area contributed by atoms with Crippen LogP contribution in [0.4, 0.5) is 5.82 Å². The molecule has 1 aromatic heterocycles. The van der Waals surface area contributed by atoms with Gasteiger partial charge in [0.15, 0.2) is 0 Å². The topological polar surface area (TPSA) is 71.2 Å². The molecule has 1 aliphatic rings. The molecule has 1 unspecified atom stereocenters. The molecule has 110 valence electrons. The van der Waals surface area contributed by atoms with E-state index in [-0.39, 0.29) is 0 Å². The Labute approximate surface area is 120 Å². The van der Waals surface area contributed by atoms with E-state index in [2.05, 4.69) is 22.1 Å². The lowest BCUT2D eigenvalue weighted by molar-refractivity contribution is 0.100. The van der Waals surface area contributed by atoms with Crippen LogP contribution in [0.5, 0.6) is 0 Å². The standard InChI is InChI=1S/C15H24N4O/c1-2-10-19(11-12-6-3-4-8-17-12)15-13(14(16)20)7-5-9-18-15/h5,7,9,12,17H,2-4,6,8,10-11H2,1H3,(H2,16,20). The number of rotatable bonds is 6. The molecular formula is C15H24N4O. The van der Waals surface area contributed by atoms with E-state index in [1.165, 1.54) is 19.3 Å². The van der Waals surface area contributed by atoms with Crippen LogP contribution >= 0.6 is 0 Å². The van der Waals surface area contributed by atoms with Crippen LogP contribution in [0.3, 0.4) is 0 Å². The highest BCUT2D eigenvalue weighted by atomic mass is 16.1. The van der Waals surface area contributed by atoms with Crippen LogP contribution in [0.15, 0.2) is 18.3 Å². The molecule has 1 atom stereocenters. The van der Waals surface area contributed by atoms with Gasteiger partial charge in [0.1, 0.15) is 5.82 Å². The fraction of sp³-hybridized carbons (Fsp3) is 0.600. The lowest BCUT2D eigenvalue weighted by Crippen LogP contribution is -2.44. The third kappa shape index (κ3) is 3.70. The molecule has 1 fully saturated rings. The molecule has 1 aromatic rings. The van der Waals surface area contributed by atoms with Gasteiger partial charge in [0.25, 0.3) is 5.91 Å². The van der Waals surface area contributed by atoms with E-state index >= 15 is 0 Å². The van der Waals surface area contributed by atoms with Crippen molar-refractivity contribution in [2.45, 2.75) is 38.6 Å². The van der Waals surface area contributed by atoms with Gasteiger partial charge >= 0.3 is 0 Å². The van der Waals surface area contributed by atoms with Crippen LogP contribution in [0.2, 0.25) is 0 Å². The van der Waals surface area contributed by atoms with Crippen molar-refractivity contribution in [2.24, 2.45) is 5.73 Å². The number of nitrogens with zero attached hydrogens (tertiary/aromatic N) is 2. The Morgan fingerprint density at radius 2 is 2.40 bits per heavy atom. The van der Waals surface area contributed by atoms with E-state index in [1.807, 2.05) is 0 Å². The summed E-state index contributed by atoms with van der Waals surface area (Å²) in [6.07, 6.45) is 6.43. The van der Waals surface area contributed by atoms with Gasteiger partial charge in [0.2, 0.25) is 0 Å². The van der Waals surface area contributed by atoms with Crippen LogP contribution in [-0.2, 0) is 0 Å². The largest absolute Gasteiger partial charge is 0.365 e. The summed E-state index contributed by atoms with van der Waals surface area (Å²) in [6, 6.07) is 3.98. The van der Waals surface area contributed by atoms with E-state index in [0.29, 0.717) is 17.4 Å². The minimum absolute atomic E-state index is 0.411. The zero-order valence-electron chi connectivity index (χ0n) is 12.1. The van der Waals surface area contributed by atoms with Gasteiger partial charge < -0.3 is 16.0 Å². The third-order valence-corrected chi connectivity index (χ3v) is 3.70. The molecule has 1 amide bonds. The molecule has 0 saturated carbocycles. The first-order chi connectivity index (χ1) is 9.72. The summed E-state index contributed by atoms with van der Waals surface area (Å²) in [4.78, 5) is 18.1. The van der Waals surface area contributed by atoms with Crippen molar-refractivity contribution in [3.05, 3.63) is 23.9 Å². The minimum atomic E-state index is -0.411. The van der Waals surface area contributed by atoms with Gasteiger partial charge in [0.05, 0.1) is 5.56 Å². The second-order valence-electron chi connectivity index (χ2n) is 5.33. The van der Waals surface area contributed by atoms with Gasteiger partial charge in [-0.05, 0) is 37.9 Å². The second-order valence-corrected chi connectivity index (χ2v) is 5.33. The third-order valence-electron chi connectivity index (χ3n) is 3.70. The molecule has 0 aliphatic carbocycles. The molecule has 5 nitrogen and oxygen atoms in total. The summed E-state index contributed by atoms with van der Waals surface area (Å²) in [7, 11) is 0. The molecule has 3 N–H and O–H groups in total. The maximum atomic E-state index is 11.6. The highest BCUT2D eigenvalue weighted by Crippen LogP contribution is 2.19. The maximum Gasteiger partial charge on any atom is 0.252 e. The number of nitrogens with two attached hydrogens (primary N) is 1. The summed E-state index contributed by atoms with van der Waals surface area (Å²) in [6.45, 7) is 4.98. The normalized spacial score (nSPS) is 18.8. The van der Waals surface area contributed by atoms with Crippen LogP contribution in [-0.4, -0.2) is 36.6 Å². The van der Waals surface area contributed by atoms with Gasteiger partial charge in [0, 0.05) is 25.3 Å². The van der Waals surface area contributed by atoms with Gasteiger partial charge in [-0.3, -0.25) is 4.79 Å². The average molecular weight is 276 g/mol. The quantitative estimate of drug-likeness (QED) is 0.827. The Hall–Kier alpha value is -1.62. The second kappa shape index (κ2) is 7.24. The van der Waals surface area contributed by atoms with E-state index < -0.39 is 5.91 Å². The van der Waals surface area contributed by atoms with Crippen molar-refractivity contribution < 1.29 is 4.79 Å². The molecular weight excluding hydrogens is 252 g/mol. The van der Waals surface area contributed by atoms with E-state index in [0.717, 1.165) is 26.1 Å². The predicted octanol–water partition coefficient (Wildman–Crippen LogP) is 1.54. The molecule has 1 saturated heterocycles. The molecule has 5 heteroatoms. The van der Waals surface area contributed by atoms with E-state index in [9.17, 15) is 4.79 Å². The number of anilines is 1. The van der Waals surface area contributed by atoms with Crippen LogP contribution in [0.25, 0.3) is 0 Å². The van der Waals surface area contributed by atoms with Crippen molar-refractivity contribution in [3.63, 3.8) is 0 Å². The van der Waals surface area contributed by atoms with E-state index in [4.69, 9.17) is 5.73 Å². The number of pyridine rings is 1. The summed E-state index contributed by atoms with van der Waals surface area (Å²) >= 11 is 0. The number of carbonyl (C=O) groups is 1. The first kappa shape index (κ1) is 14.8. The number of primary amides is 1. The lowest BCUT2D eigenvalue weighted by atomic mass is 10.0. The molecule has 0 bridgehead atoms. The highest BCUT2D eigenvalue weighted by molar-refractivity contribution is 5.97. The van der Waals surface area contributed by atoms with E-state index in [1.54, 1.807) is 18.3 Å². The smallest absolute Gasteiger partial charge is 0.252 e. The Balaban J connectivity index is 2.16. The Morgan fingerprint density at radius 1 is 1.55 bits per heavy atom. The molecule has 0 aromatic carbocycles. The first-order valence-electron chi connectivity index (χ1n) is 7.45. The average Bonchev–Trinajstić information content (AvgIpc) is 2.48. The fourth-order valence-corrected chi connectivity index (χ4v) is 2.74. The van der Waals surface area contributed by atoms with Gasteiger partial charge in [-0.2, -0.15) is 0 Å². The highest BCUT2D eigenvalue weighted by Gasteiger charge is 2.20. The van der Waals surface area contributed by atoms with Gasteiger partial charge in [-0.1, -0.05) is 13.3 Å². The zero-order valence-corrected chi connectivity index (χ0v) is 12.1. The lowest BCUT2D eigenvalue weighted by Gasteiger charge is -2.32. The number of piperidine rings is 1. The summed E-state index contributed by atoms with van der Waals surface area (Å²) < 4.78 is 0. The van der Waals surface area contributed by atoms with Crippen molar-refractivity contribution in [2.75, 3.05) is 24.5 Å². The van der Waals surface area contributed by atoms with Gasteiger partial charge in [-0.15, -0.1) is 0 Å². The van der Waals surface area contributed by atoms with Crippen molar-refractivity contribution >= 4 is 11.7 Å². The van der Waals surface area contributed by atoms with Crippen molar-refractivity contribution in [1.29, 1.82) is 0 Å². The SMILES string of the molecule is CCCN(CC1CCCCN1)c1ncccc1C(N)=O. The summed E-state index contributed by atoms with van der Waals surface area (Å²) in [5.41, 5.74) is 5.97.